The molecule has 0 aromatic heterocycles. The summed E-state index contributed by atoms with van der Waals surface area (Å²) in [5.41, 5.74) is 1.55. The normalized spacial score (nSPS) is 19.8. The van der Waals surface area contributed by atoms with Crippen LogP contribution in [-0.4, -0.2) is 62.9 Å². The van der Waals surface area contributed by atoms with E-state index in [0.29, 0.717) is 29.1 Å². The summed E-state index contributed by atoms with van der Waals surface area (Å²) in [4.78, 5) is 38.2. The number of ether oxygens (including phenoxy) is 2. The van der Waals surface area contributed by atoms with Gasteiger partial charge >= 0.3 is 6.09 Å². The van der Waals surface area contributed by atoms with Crippen molar-refractivity contribution < 1.29 is 28.2 Å². The standard InChI is InChI=1S/C25H28FN3O5S/c1-33-18-5-2-16(3-6-18)22(30)8-9-24(31)28-13-19-15-29(25(32)34-19)17-4-7-20(21(26)12-17)23-14-27-10-11-35-23/h2-7,12,19,23,27H,8-11,13-15H2,1H3,(H,28,31)/t19-,23?/m0/s1. The summed E-state index contributed by atoms with van der Waals surface area (Å²) in [5, 5.41) is 6.02. The van der Waals surface area contributed by atoms with Gasteiger partial charge in [0, 0.05) is 48.1 Å². The van der Waals surface area contributed by atoms with Crippen molar-refractivity contribution in [2.75, 3.05) is 43.9 Å². The van der Waals surface area contributed by atoms with Gasteiger partial charge in [0.15, 0.2) is 5.78 Å². The number of thioether (sulfide) groups is 1. The molecule has 2 aliphatic rings. The van der Waals surface area contributed by atoms with E-state index in [-0.39, 0.29) is 48.7 Å². The summed E-state index contributed by atoms with van der Waals surface area (Å²) in [5.74, 6) is 0.769. The molecular formula is C25H28FN3O5S. The van der Waals surface area contributed by atoms with Gasteiger partial charge in [-0.1, -0.05) is 6.07 Å². The molecular weight excluding hydrogens is 473 g/mol. The Hall–Kier alpha value is -3.11. The molecule has 2 heterocycles. The summed E-state index contributed by atoms with van der Waals surface area (Å²) >= 11 is 1.71. The lowest BCUT2D eigenvalue weighted by atomic mass is 10.1. The first kappa shape index (κ1) is 25.0. The van der Waals surface area contributed by atoms with Gasteiger partial charge in [-0.25, -0.2) is 9.18 Å². The van der Waals surface area contributed by atoms with E-state index >= 15 is 0 Å². The number of hydrogen-bond donors (Lipinski definition) is 2. The van der Waals surface area contributed by atoms with Crippen molar-refractivity contribution in [3.8, 4) is 5.75 Å². The second-order valence-electron chi connectivity index (χ2n) is 8.34. The van der Waals surface area contributed by atoms with Crippen molar-refractivity contribution in [1.82, 2.24) is 10.6 Å². The Kier molecular flexibility index (Phi) is 8.25. The number of nitrogens with one attached hydrogen (secondary N) is 2. The minimum absolute atomic E-state index is 0.0238. The van der Waals surface area contributed by atoms with E-state index in [4.69, 9.17) is 9.47 Å². The SMILES string of the molecule is COc1ccc(C(=O)CCC(=O)NC[C@H]2CN(c3ccc(C4CNCCS4)c(F)c3)C(=O)O2)cc1. The number of methoxy groups -OCH3 is 1. The lowest BCUT2D eigenvalue weighted by molar-refractivity contribution is -0.121. The van der Waals surface area contributed by atoms with E-state index in [9.17, 15) is 18.8 Å². The van der Waals surface area contributed by atoms with Gasteiger partial charge in [0.25, 0.3) is 0 Å². The highest BCUT2D eigenvalue weighted by Gasteiger charge is 2.33. The monoisotopic (exact) mass is 501 g/mol. The molecule has 10 heteroatoms. The van der Waals surface area contributed by atoms with E-state index in [1.807, 2.05) is 0 Å². The number of halogens is 1. The number of benzene rings is 2. The van der Waals surface area contributed by atoms with Crippen molar-refractivity contribution in [3.63, 3.8) is 0 Å². The Morgan fingerprint density at radius 3 is 2.71 bits per heavy atom. The summed E-state index contributed by atoms with van der Waals surface area (Å²) < 4.78 is 25.2. The van der Waals surface area contributed by atoms with Gasteiger partial charge in [-0.05, 0) is 36.4 Å². The van der Waals surface area contributed by atoms with E-state index in [0.717, 1.165) is 12.3 Å². The smallest absolute Gasteiger partial charge is 0.414 e. The largest absolute Gasteiger partial charge is 0.497 e. The molecule has 0 spiro atoms. The first-order valence-corrected chi connectivity index (χ1v) is 12.5. The fourth-order valence-electron chi connectivity index (χ4n) is 4.01. The van der Waals surface area contributed by atoms with E-state index < -0.39 is 12.2 Å². The van der Waals surface area contributed by atoms with E-state index in [1.165, 1.54) is 11.0 Å². The molecule has 2 fully saturated rings. The summed E-state index contributed by atoms with van der Waals surface area (Å²) in [7, 11) is 1.55. The Morgan fingerprint density at radius 1 is 1.23 bits per heavy atom. The molecule has 4 rings (SSSR count). The number of anilines is 1. The number of rotatable bonds is 9. The van der Waals surface area contributed by atoms with Crippen molar-refractivity contribution in [3.05, 3.63) is 59.4 Å². The van der Waals surface area contributed by atoms with Crippen LogP contribution in [0.3, 0.4) is 0 Å². The number of cyclic esters (lactones) is 1. The summed E-state index contributed by atoms with van der Waals surface area (Å²) in [6, 6.07) is 11.5. The Labute approximate surface area is 207 Å². The van der Waals surface area contributed by atoms with Crippen LogP contribution in [0.5, 0.6) is 5.75 Å². The number of Topliss-reactive ketones (excluding diaryl/α,β-unsaturated/α-hetero) is 1. The third-order valence-electron chi connectivity index (χ3n) is 5.96. The molecule has 2 N–H and O–H groups in total. The second-order valence-corrected chi connectivity index (χ2v) is 9.65. The summed E-state index contributed by atoms with van der Waals surface area (Å²) in [6.07, 6.45) is -1.06. The molecule has 2 aromatic rings. The lowest BCUT2D eigenvalue weighted by Crippen LogP contribution is -2.34. The molecule has 2 amide bonds. The maximum atomic E-state index is 14.8. The third-order valence-corrected chi connectivity index (χ3v) is 7.23. The average molecular weight is 502 g/mol. The van der Waals surface area contributed by atoms with Gasteiger partial charge in [0.1, 0.15) is 17.7 Å². The van der Waals surface area contributed by atoms with E-state index in [1.54, 1.807) is 55.3 Å². The van der Waals surface area contributed by atoms with Crippen molar-refractivity contribution >= 4 is 35.2 Å². The maximum absolute atomic E-state index is 14.8. The number of carbonyl (C=O) groups is 3. The zero-order chi connectivity index (χ0) is 24.8. The van der Waals surface area contributed by atoms with Crippen LogP contribution in [-0.2, 0) is 9.53 Å². The Morgan fingerprint density at radius 2 is 2.03 bits per heavy atom. The van der Waals surface area contributed by atoms with Crippen LogP contribution in [0.25, 0.3) is 0 Å². The highest BCUT2D eigenvalue weighted by Crippen LogP contribution is 2.34. The molecule has 0 aliphatic carbocycles. The molecule has 2 aliphatic heterocycles. The average Bonchev–Trinajstić information content (AvgIpc) is 3.26. The van der Waals surface area contributed by atoms with Crippen LogP contribution in [0.1, 0.15) is 34.0 Å². The quantitative estimate of drug-likeness (QED) is 0.509. The van der Waals surface area contributed by atoms with Crippen LogP contribution < -0.4 is 20.3 Å². The van der Waals surface area contributed by atoms with Crippen LogP contribution in [0, 0.1) is 5.82 Å². The van der Waals surface area contributed by atoms with Gasteiger partial charge in [-0.2, -0.15) is 11.8 Å². The van der Waals surface area contributed by atoms with Crippen LogP contribution >= 0.6 is 11.8 Å². The number of hydrogen-bond acceptors (Lipinski definition) is 7. The van der Waals surface area contributed by atoms with Gasteiger partial charge in [-0.15, -0.1) is 0 Å². The predicted molar refractivity (Wildman–Crippen MR) is 132 cm³/mol. The topological polar surface area (TPSA) is 97.0 Å². The molecule has 0 radical (unpaired) electrons. The first-order chi connectivity index (χ1) is 16.9. The van der Waals surface area contributed by atoms with Crippen molar-refractivity contribution in [2.45, 2.75) is 24.2 Å². The summed E-state index contributed by atoms with van der Waals surface area (Å²) in [6.45, 7) is 1.93. The number of ketones is 1. The van der Waals surface area contributed by atoms with Gasteiger partial charge in [-0.3, -0.25) is 14.5 Å². The molecule has 2 atom stereocenters. The molecule has 1 unspecified atom stereocenters. The highest BCUT2D eigenvalue weighted by molar-refractivity contribution is 7.99. The minimum atomic E-state index is -0.584. The van der Waals surface area contributed by atoms with Gasteiger partial charge in [0.05, 0.1) is 25.9 Å². The van der Waals surface area contributed by atoms with Crippen LogP contribution in [0.4, 0.5) is 14.9 Å². The van der Waals surface area contributed by atoms with Crippen LogP contribution in [0.15, 0.2) is 42.5 Å². The fraction of sp³-hybridized carbons (Fsp3) is 0.400. The number of nitrogens with zero attached hydrogens (tertiary/aromatic N) is 1. The molecule has 0 saturated carbocycles. The maximum Gasteiger partial charge on any atom is 0.414 e. The minimum Gasteiger partial charge on any atom is -0.497 e. The zero-order valence-corrected chi connectivity index (χ0v) is 20.2. The van der Waals surface area contributed by atoms with Crippen molar-refractivity contribution in [2.24, 2.45) is 0 Å². The molecule has 0 bridgehead atoms. The predicted octanol–water partition coefficient (Wildman–Crippen LogP) is 3.32. The Balaban J connectivity index is 1.24. The molecule has 35 heavy (non-hydrogen) atoms. The Bertz CT molecular complexity index is 1080. The third kappa shape index (κ3) is 6.32. The van der Waals surface area contributed by atoms with Crippen LogP contribution in [0.2, 0.25) is 0 Å². The zero-order valence-electron chi connectivity index (χ0n) is 19.4. The lowest BCUT2D eigenvalue weighted by Gasteiger charge is -2.24. The van der Waals surface area contributed by atoms with Gasteiger partial charge in [0.2, 0.25) is 5.91 Å². The first-order valence-electron chi connectivity index (χ1n) is 11.5. The van der Waals surface area contributed by atoms with Crippen molar-refractivity contribution in [1.29, 1.82) is 0 Å². The van der Waals surface area contributed by atoms with E-state index in [2.05, 4.69) is 10.6 Å². The fourth-order valence-corrected chi connectivity index (χ4v) is 5.17. The number of amides is 2. The molecule has 8 nitrogen and oxygen atoms in total. The molecule has 2 aromatic carbocycles. The highest BCUT2D eigenvalue weighted by atomic mass is 32.2. The molecule has 186 valence electrons. The number of carbonyl (C=O) groups excluding carboxylic acids is 3. The second kappa shape index (κ2) is 11.5. The molecule has 2 saturated heterocycles. The van der Waals surface area contributed by atoms with Gasteiger partial charge < -0.3 is 20.1 Å².